The van der Waals surface area contributed by atoms with Crippen molar-refractivity contribution >= 4 is 5.97 Å². The zero-order valence-corrected chi connectivity index (χ0v) is 15.2. The van der Waals surface area contributed by atoms with E-state index >= 15 is 0 Å². The molecule has 1 aliphatic rings. The van der Waals surface area contributed by atoms with E-state index < -0.39 is 12.1 Å². The average Bonchev–Trinajstić information content (AvgIpc) is 3.16. The number of H-pyrrole nitrogens is 1. The number of hydrogen-bond donors (Lipinski definition) is 3. The summed E-state index contributed by atoms with van der Waals surface area (Å²) in [5.74, 6) is -2.76. The quantitative estimate of drug-likeness (QED) is 0.632. The number of ether oxygens (including phenoxy) is 1. The number of aliphatic hydroxyl groups is 1. The van der Waals surface area contributed by atoms with Gasteiger partial charge in [0.2, 0.25) is 0 Å². The number of alkyl halides is 3. The summed E-state index contributed by atoms with van der Waals surface area (Å²) in [7, 11) is 0. The summed E-state index contributed by atoms with van der Waals surface area (Å²) >= 11 is 0. The first-order chi connectivity index (χ1) is 13.2. The van der Waals surface area contributed by atoms with Gasteiger partial charge in [0.25, 0.3) is 0 Å². The summed E-state index contributed by atoms with van der Waals surface area (Å²) in [6, 6.07) is 6.11. The summed E-state index contributed by atoms with van der Waals surface area (Å²) in [5.41, 5.74) is 5.46. The summed E-state index contributed by atoms with van der Waals surface area (Å²) < 4.78 is 37.1. The van der Waals surface area contributed by atoms with Crippen LogP contribution in [0.15, 0.2) is 18.2 Å². The topological polar surface area (TPSA) is 112 Å². The predicted molar refractivity (Wildman–Crippen MR) is 90.9 cm³/mol. The fraction of sp³-hybridized carbons (Fsp3) is 0.471. The lowest BCUT2D eigenvalue weighted by Crippen LogP contribution is -2.21. The minimum Gasteiger partial charge on any atom is -0.475 e. The van der Waals surface area contributed by atoms with Crippen LogP contribution in [0.1, 0.15) is 28.3 Å². The van der Waals surface area contributed by atoms with E-state index in [1.807, 2.05) is 19.1 Å². The molecule has 0 bridgehead atoms. The molecule has 3 N–H and O–H groups in total. The van der Waals surface area contributed by atoms with Crippen molar-refractivity contribution in [1.82, 2.24) is 20.1 Å². The molecule has 0 saturated heterocycles. The second kappa shape index (κ2) is 9.62. The van der Waals surface area contributed by atoms with Gasteiger partial charge >= 0.3 is 12.1 Å². The van der Waals surface area contributed by atoms with Crippen molar-refractivity contribution in [2.75, 3.05) is 13.2 Å². The van der Waals surface area contributed by atoms with Gasteiger partial charge in [-0.05, 0) is 19.1 Å². The van der Waals surface area contributed by atoms with Crippen LogP contribution in [-0.2, 0) is 35.8 Å². The number of aromatic nitrogens is 3. The third-order valence-corrected chi connectivity index (χ3v) is 3.85. The molecule has 28 heavy (non-hydrogen) atoms. The van der Waals surface area contributed by atoms with Gasteiger partial charge in [0, 0.05) is 30.9 Å². The normalized spacial score (nSPS) is 13.8. The summed E-state index contributed by atoms with van der Waals surface area (Å²) in [6.07, 6.45) is -5.08. The van der Waals surface area contributed by atoms with Crippen LogP contribution < -0.4 is 0 Å². The first kappa shape index (κ1) is 21.8. The lowest BCUT2D eigenvalue weighted by Gasteiger charge is -2.14. The van der Waals surface area contributed by atoms with Gasteiger partial charge in [-0.25, -0.2) is 4.79 Å². The lowest BCUT2D eigenvalue weighted by molar-refractivity contribution is -0.192. The number of carbonyl (C=O) groups is 1. The average molecular weight is 402 g/mol. The smallest absolute Gasteiger partial charge is 0.475 e. The van der Waals surface area contributed by atoms with E-state index in [0.29, 0.717) is 13.2 Å². The van der Waals surface area contributed by atoms with Crippen molar-refractivity contribution in [3.63, 3.8) is 0 Å². The van der Waals surface area contributed by atoms with E-state index in [-0.39, 0.29) is 6.61 Å². The highest BCUT2D eigenvalue weighted by Gasteiger charge is 2.38. The SMILES string of the molecule is Cc1cccc(CN2Cc3[nH]nc(COCCO)c3C2)n1.O=C(O)C(F)(F)F. The lowest BCUT2D eigenvalue weighted by atomic mass is 10.2. The van der Waals surface area contributed by atoms with Crippen LogP contribution in [0.4, 0.5) is 13.2 Å². The third-order valence-electron chi connectivity index (χ3n) is 3.85. The number of rotatable bonds is 6. The standard InChI is InChI=1S/C15H20N4O2.C2HF3O2/c1-11-3-2-4-12(16-11)7-19-8-13-14(9-19)17-18-15(13)10-21-6-5-20;3-2(4,5)1(6)7/h2-4,20H,5-10H2,1H3,(H,17,18);(H,6,7). The fourth-order valence-electron chi connectivity index (χ4n) is 2.65. The maximum atomic E-state index is 10.6. The van der Waals surface area contributed by atoms with Crippen LogP contribution in [0.2, 0.25) is 0 Å². The Morgan fingerprint density at radius 2 is 2.07 bits per heavy atom. The molecule has 0 atom stereocenters. The van der Waals surface area contributed by atoms with Crippen molar-refractivity contribution in [2.24, 2.45) is 0 Å². The van der Waals surface area contributed by atoms with Crippen LogP contribution in [0.3, 0.4) is 0 Å². The van der Waals surface area contributed by atoms with Crippen LogP contribution in [0, 0.1) is 6.92 Å². The maximum Gasteiger partial charge on any atom is 0.490 e. The molecule has 0 aromatic carbocycles. The van der Waals surface area contributed by atoms with Crippen molar-refractivity contribution < 1.29 is 32.9 Å². The van der Waals surface area contributed by atoms with Crippen molar-refractivity contribution in [1.29, 1.82) is 0 Å². The Bertz CT molecular complexity index is 795. The molecule has 0 aliphatic carbocycles. The molecule has 0 spiro atoms. The predicted octanol–water partition coefficient (Wildman–Crippen LogP) is 1.77. The maximum absolute atomic E-state index is 10.6. The van der Waals surface area contributed by atoms with E-state index in [9.17, 15) is 13.2 Å². The number of nitrogens with one attached hydrogen (secondary N) is 1. The molecule has 0 radical (unpaired) electrons. The zero-order valence-electron chi connectivity index (χ0n) is 15.2. The number of fused-ring (bicyclic) bond motifs is 1. The highest BCUT2D eigenvalue weighted by Crippen LogP contribution is 2.25. The Kier molecular flexibility index (Phi) is 7.49. The Labute approximate surface area is 159 Å². The number of aliphatic hydroxyl groups excluding tert-OH is 1. The van der Waals surface area contributed by atoms with Gasteiger partial charge in [-0.2, -0.15) is 18.3 Å². The molecule has 0 amide bonds. The van der Waals surface area contributed by atoms with E-state index in [1.54, 1.807) is 0 Å². The Morgan fingerprint density at radius 3 is 2.68 bits per heavy atom. The Balaban J connectivity index is 0.000000345. The van der Waals surface area contributed by atoms with Crippen LogP contribution in [0.25, 0.3) is 0 Å². The molecule has 3 rings (SSSR count). The number of carboxylic acid groups (broad SMARTS) is 1. The highest BCUT2D eigenvalue weighted by atomic mass is 19.4. The number of pyridine rings is 1. The van der Waals surface area contributed by atoms with Crippen LogP contribution in [0.5, 0.6) is 0 Å². The Morgan fingerprint density at radius 1 is 1.36 bits per heavy atom. The van der Waals surface area contributed by atoms with Gasteiger partial charge in [0.1, 0.15) is 0 Å². The van der Waals surface area contributed by atoms with Crippen molar-refractivity contribution in [3.8, 4) is 0 Å². The largest absolute Gasteiger partial charge is 0.490 e. The highest BCUT2D eigenvalue weighted by molar-refractivity contribution is 5.73. The molecule has 0 unspecified atom stereocenters. The zero-order chi connectivity index (χ0) is 20.7. The first-order valence-corrected chi connectivity index (χ1v) is 8.39. The number of aryl methyl sites for hydroxylation is 1. The van der Waals surface area contributed by atoms with Crippen molar-refractivity contribution in [3.05, 3.63) is 46.5 Å². The second-order valence-electron chi connectivity index (χ2n) is 6.12. The molecule has 2 aromatic rings. The van der Waals surface area contributed by atoms with Gasteiger partial charge in [0.15, 0.2) is 0 Å². The summed E-state index contributed by atoms with van der Waals surface area (Å²) in [6.45, 7) is 5.40. The van der Waals surface area contributed by atoms with Gasteiger partial charge in [-0.3, -0.25) is 15.0 Å². The van der Waals surface area contributed by atoms with E-state index in [0.717, 1.165) is 42.4 Å². The van der Waals surface area contributed by atoms with Crippen LogP contribution in [-0.4, -0.2) is 55.7 Å². The van der Waals surface area contributed by atoms with Gasteiger partial charge in [-0.1, -0.05) is 6.07 Å². The summed E-state index contributed by atoms with van der Waals surface area (Å²) in [5, 5.41) is 23.3. The molecule has 2 aromatic heterocycles. The van der Waals surface area contributed by atoms with Gasteiger partial charge in [-0.15, -0.1) is 0 Å². The van der Waals surface area contributed by atoms with E-state index in [1.165, 1.54) is 5.56 Å². The fourth-order valence-corrected chi connectivity index (χ4v) is 2.65. The monoisotopic (exact) mass is 402 g/mol. The minimum atomic E-state index is -5.08. The molecule has 1 aliphatic heterocycles. The molecule has 11 heteroatoms. The number of nitrogens with zero attached hydrogens (tertiary/aromatic N) is 3. The molecule has 8 nitrogen and oxygen atoms in total. The molecular weight excluding hydrogens is 381 g/mol. The number of aromatic amines is 1. The van der Waals surface area contributed by atoms with Crippen LogP contribution >= 0.6 is 0 Å². The third kappa shape index (κ3) is 6.29. The Hall–Kier alpha value is -2.50. The number of carboxylic acids is 1. The minimum absolute atomic E-state index is 0.0395. The molecular formula is C17H21F3N4O4. The van der Waals surface area contributed by atoms with Gasteiger partial charge < -0.3 is 14.9 Å². The molecule has 0 saturated carbocycles. The summed E-state index contributed by atoms with van der Waals surface area (Å²) in [4.78, 5) is 15.8. The van der Waals surface area contributed by atoms with E-state index in [4.69, 9.17) is 19.7 Å². The molecule has 0 fully saturated rings. The second-order valence-corrected chi connectivity index (χ2v) is 6.12. The molecule has 154 valence electrons. The van der Waals surface area contributed by atoms with Crippen molar-refractivity contribution in [2.45, 2.75) is 39.3 Å². The van der Waals surface area contributed by atoms with Gasteiger partial charge in [0.05, 0.1) is 36.9 Å². The number of hydrogen-bond acceptors (Lipinski definition) is 6. The van der Waals surface area contributed by atoms with E-state index in [2.05, 4.69) is 26.1 Å². The first-order valence-electron chi connectivity index (χ1n) is 8.39. The molecule has 3 heterocycles. The number of halogens is 3. The number of aliphatic carboxylic acids is 1.